The van der Waals surface area contributed by atoms with E-state index in [1.807, 2.05) is 18.2 Å². The van der Waals surface area contributed by atoms with E-state index >= 15 is 0 Å². The number of aromatic carboxylic acids is 1. The van der Waals surface area contributed by atoms with E-state index in [1.54, 1.807) is 4.90 Å². The Morgan fingerprint density at radius 1 is 1.07 bits per heavy atom. The molecule has 0 unspecified atom stereocenters. The third kappa shape index (κ3) is 5.18. The number of ether oxygens (including phenoxy) is 1. The molecular formula is C21H21Cl2NO4. The number of hydrogen-bond donors (Lipinski definition) is 1. The van der Waals surface area contributed by atoms with Crippen LogP contribution in [-0.4, -0.2) is 41.6 Å². The molecule has 2 aromatic rings. The second-order valence-corrected chi connectivity index (χ2v) is 7.69. The van der Waals surface area contributed by atoms with Gasteiger partial charge < -0.3 is 14.7 Å². The van der Waals surface area contributed by atoms with Gasteiger partial charge in [0.25, 0.3) is 5.91 Å². The molecule has 0 saturated carbocycles. The van der Waals surface area contributed by atoms with E-state index < -0.39 is 5.97 Å². The lowest BCUT2D eigenvalue weighted by Crippen LogP contribution is -2.41. The minimum Gasteiger partial charge on any atom is -0.481 e. The van der Waals surface area contributed by atoms with Gasteiger partial charge >= 0.3 is 5.97 Å². The summed E-state index contributed by atoms with van der Waals surface area (Å²) in [5, 5.41) is 9.15. The summed E-state index contributed by atoms with van der Waals surface area (Å²) in [5.74, 6) is -0.571. The molecule has 1 aliphatic rings. The number of carbonyl (C=O) groups excluding carboxylic acids is 1. The van der Waals surface area contributed by atoms with Crippen molar-refractivity contribution in [2.24, 2.45) is 5.92 Å². The molecule has 148 valence electrons. The minimum atomic E-state index is -1.13. The number of piperidine rings is 1. The molecule has 1 N–H and O–H groups in total. The van der Waals surface area contributed by atoms with E-state index in [1.165, 1.54) is 17.7 Å². The quantitative estimate of drug-likeness (QED) is 0.742. The highest BCUT2D eigenvalue weighted by molar-refractivity contribution is 6.37. The van der Waals surface area contributed by atoms with Crippen LogP contribution in [-0.2, 0) is 11.2 Å². The average molecular weight is 422 g/mol. The van der Waals surface area contributed by atoms with E-state index in [-0.39, 0.29) is 33.9 Å². The maximum absolute atomic E-state index is 12.5. The molecule has 0 atom stereocenters. The first-order valence-corrected chi connectivity index (χ1v) is 9.86. The highest BCUT2D eigenvalue weighted by Gasteiger charge is 2.24. The monoisotopic (exact) mass is 421 g/mol. The highest BCUT2D eigenvalue weighted by atomic mass is 35.5. The Balaban J connectivity index is 1.50. The molecule has 0 aliphatic carbocycles. The van der Waals surface area contributed by atoms with Crippen molar-refractivity contribution >= 4 is 35.1 Å². The third-order valence-electron chi connectivity index (χ3n) is 4.92. The van der Waals surface area contributed by atoms with Gasteiger partial charge in [0.15, 0.2) is 12.4 Å². The number of amides is 1. The normalized spacial score (nSPS) is 14.7. The van der Waals surface area contributed by atoms with Crippen molar-refractivity contribution in [2.75, 3.05) is 19.7 Å². The van der Waals surface area contributed by atoms with Crippen molar-refractivity contribution in [1.82, 2.24) is 4.90 Å². The zero-order valence-corrected chi connectivity index (χ0v) is 16.7. The van der Waals surface area contributed by atoms with Crippen molar-refractivity contribution in [2.45, 2.75) is 19.3 Å². The standard InChI is InChI=1S/C21H21Cl2NO4/c22-17-11-16(21(26)27)12-18(23)20(17)28-13-19(25)24-8-6-15(7-9-24)10-14-4-2-1-3-5-14/h1-5,11-12,15H,6-10,13H2,(H,26,27). The lowest BCUT2D eigenvalue weighted by atomic mass is 9.90. The van der Waals surface area contributed by atoms with Crippen LogP contribution in [0.5, 0.6) is 5.75 Å². The van der Waals surface area contributed by atoms with Crippen LogP contribution in [0.2, 0.25) is 10.0 Å². The molecule has 7 heteroatoms. The van der Waals surface area contributed by atoms with Gasteiger partial charge in [-0.05, 0) is 42.9 Å². The zero-order valence-electron chi connectivity index (χ0n) is 15.2. The Bertz CT molecular complexity index is 826. The van der Waals surface area contributed by atoms with Crippen molar-refractivity contribution < 1.29 is 19.4 Å². The molecular weight excluding hydrogens is 401 g/mol. The van der Waals surface area contributed by atoms with E-state index in [4.69, 9.17) is 33.0 Å². The van der Waals surface area contributed by atoms with Crippen LogP contribution in [0.15, 0.2) is 42.5 Å². The lowest BCUT2D eigenvalue weighted by Gasteiger charge is -2.32. The molecule has 5 nitrogen and oxygen atoms in total. The topological polar surface area (TPSA) is 66.8 Å². The summed E-state index contributed by atoms with van der Waals surface area (Å²) < 4.78 is 5.49. The molecule has 0 radical (unpaired) electrons. The number of benzene rings is 2. The van der Waals surface area contributed by atoms with Gasteiger partial charge in [-0.2, -0.15) is 0 Å². The molecule has 0 bridgehead atoms. The SMILES string of the molecule is O=C(O)c1cc(Cl)c(OCC(=O)N2CCC(Cc3ccccc3)CC2)c(Cl)c1. The minimum absolute atomic E-state index is 0.0332. The summed E-state index contributed by atoms with van der Waals surface area (Å²) in [6.45, 7) is 1.20. The van der Waals surface area contributed by atoms with Crippen LogP contribution in [0.25, 0.3) is 0 Å². The molecule has 3 rings (SSSR count). The summed E-state index contributed by atoms with van der Waals surface area (Å²) in [7, 11) is 0. The number of carboxylic acid groups (broad SMARTS) is 1. The molecule has 1 amide bonds. The maximum Gasteiger partial charge on any atom is 0.335 e. The molecule has 28 heavy (non-hydrogen) atoms. The number of halogens is 2. The zero-order chi connectivity index (χ0) is 20.1. The predicted octanol–water partition coefficient (Wildman–Crippen LogP) is 4.55. The van der Waals surface area contributed by atoms with Crippen molar-refractivity contribution in [1.29, 1.82) is 0 Å². The van der Waals surface area contributed by atoms with Gasteiger partial charge in [0.2, 0.25) is 0 Å². The van der Waals surface area contributed by atoms with Gasteiger partial charge in [-0.25, -0.2) is 4.79 Å². The first-order chi connectivity index (χ1) is 13.4. The molecule has 1 heterocycles. The van der Waals surface area contributed by atoms with E-state index in [0.717, 1.165) is 19.3 Å². The number of likely N-dealkylation sites (tertiary alicyclic amines) is 1. The number of rotatable bonds is 6. The average Bonchev–Trinajstić information content (AvgIpc) is 2.68. The van der Waals surface area contributed by atoms with Crippen LogP contribution in [0.4, 0.5) is 0 Å². The van der Waals surface area contributed by atoms with Crippen LogP contribution < -0.4 is 4.74 Å². The highest BCUT2D eigenvalue weighted by Crippen LogP contribution is 2.34. The molecule has 1 aliphatic heterocycles. The Labute approximate surface area is 173 Å². The number of hydrogen-bond acceptors (Lipinski definition) is 3. The smallest absolute Gasteiger partial charge is 0.335 e. The summed E-state index contributed by atoms with van der Waals surface area (Å²) in [6.07, 6.45) is 2.94. The third-order valence-corrected chi connectivity index (χ3v) is 5.48. The summed E-state index contributed by atoms with van der Waals surface area (Å²) in [5.41, 5.74) is 1.29. The Morgan fingerprint density at radius 2 is 1.68 bits per heavy atom. The molecule has 1 fully saturated rings. The molecule has 0 spiro atoms. The van der Waals surface area contributed by atoms with Crippen LogP contribution >= 0.6 is 23.2 Å². The van der Waals surface area contributed by atoms with Crippen molar-refractivity contribution in [3.05, 3.63) is 63.6 Å². The fourth-order valence-corrected chi connectivity index (χ4v) is 3.98. The van der Waals surface area contributed by atoms with Crippen molar-refractivity contribution in [3.63, 3.8) is 0 Å². The van der Waals surface area contributed by atoms with E-state index in [9.17, 15) is 9.59 Å². The fraction of sp³-hybridized carbons (Fsp3) is 0.333. The Hall–Kier alpha value is -2.24. The van der Waals surface area contributed by atoms with Gasteiger partial charge in [0.05, 0.1) is 15.6 Å². The fourth-order valence-electron chi connectivity index (χ4n) is 3.38. The summed E-state index contributed by atoms with van der Waals surface area (Å²) in [6, 6.07) is 12.9. The lowest BCUT2D eigenvalue weighted by molar-refractivity contribution is -0.134. The first-order valence-electron chi connectivity index (χ1n) is 9.11. The molecule has 1 saturated heterocycles. The van der Waals surface area contributed by atoms with Crippen LogP contribution in [0.3, 0.4) is 0 Å². The van der Waals surface area contributed by atoms with Gasteiger partial charge in [-0.15, -0.1) is 0 Å². The first kappa shape index (κ1) is 20.5. The molecule has 0 aromatic heterocycles. The van der Waals surface area contributed by atoms with E-state index in [2.05, 4.69) is 12.1 Å². The number of nitrogens with zero attached hydrogens (tertiary/aromatic N) is 1. The Morgan fingerprint density at radius 3 is 2.25 bits per heavy atom. The number of carbonyl (C=O) groups is 2. The predicted molar refractivity (Wildman–Crippen MR) is 108 cm³/mol. The second kappa shape index (κ2) is 9.30. The largest absolute Gasteiger partial charge is 0.481 e. The van der Waals surface area contributed by atoms with Gasteiger partial charge in [-0.3, -0.25) is 4.79 Å². The Kier molecular flexibility index (Phi) is 6.81. The number of carboxylic acids is 1. The molecule has 2 aromatic carbocycles. The van der Waals surface area contributed by atoms with E-state index in [0.29, 0.717) is 19.0 Å². The van der Waals surface area contributed by atoms with Crippen molar-refractivity contribution in [3.8, 4) is 5.75 Å². The summed E-state index contributed by atoms with van der Waals surface area (Å²) >= 11 is 12.1. The van der Waals surface area contributed by atoms with Crippen LogP contribution in [0.1, 0.15) is 28.8 Å². The second-order valence-electron chi connectivity index (χ2n) is 6.88. The van der Waals surface area contributed by atoms with Gasteiger partial charge in [-0.1, -0.05) is 53.5 Å². The van der Waals surface area contributed by atoms with Gasteiger partial charge in [0, 0.05) is 13.1 Å². The maximum atomic E-state index is 12.5. The van der Waals surface area contributed by atoms with Crippen LogP contribution in [0, 0.1) is 5.92 Å². The van der Waals surface area contributed by atoms with Gasteiger partial charge in [0.1, 0.15) is 0 Å². The summed E-state index contributed by atoms with van der Waals surface area (Å²) in [4.78, 5) is 25.3.